The van der Waals surface area contributed by atoms with Gasteiger partial charge in [-0.05, 0) is 23.8 Å². The number of amides is 2. The Morgan fingerprint density at radius 2 is 1.68 bits per heavy atom. The van der Waals surface area contributed by atoms with Crippen molar-refractivity contribution in [2.75, 3.05) is 12.4 Å². The van der Waals surface area contributed by atoms with Gasteiger partial charge >= 0.3 is 5.97 Å². The first-order valence-corrected chi connectivity index (χ1v) is 7.86. The summed E-state index contributed by atoms with van der Waals surface area (Å²) < 4.78 is 4.66. The third-order valence-electron chi connectivity index (χ3n) is 3.36. The van der Waals surface area contributed by atoms with E-state index in [1.54, 1.807) is 36.4 Å². The van der Waals surface area contributed by atoms with Gasteiger partial charge in [0.1, 0.15) is 6.42 Å². The van der Waals surface area contributed by atoms with Gasteiger partial charge in [-0.25, -0.2) is 4.79 Å². The minimum absolute atomic E-state index is 0.217. The monoisotopic (exact) mass is 360 g/mol. The Morgan fingerprint density at radius 3 is 2.40 bits per heavy atom. The van der Waals surface area contributed by atoms with Crippen LogP contribution in [0, 0.1) is 0 Å². The molecule has 0 saturated carbocycles. The molecule has 0 aliphatic rings. The normalized spacial score (nSPS) is 10.0. The summed E-state index contributed by atoms with van der Waals surface area (Å²) in [6.45, 7) is 0.227. The van der Waals surface area contributed by atoms with E-state index >= 15 is 0 Å². The number of carbonyl (C=O) groups is 3. The van der Waals surface area contributed by atoms with Crippen molar-refractivity contribution >= 4 is 35.1 Å². The summed E-state index contributed by atoms with van der Waals surface area (Å²) in [5.41, 5.74) is 1.27. The Kier molecular flexibility index (Phi) is 6.54. The van der Waals surface area contributed by atoms with Crippen molar-refractivity contribution in [2.24, 2.45) is 0 Å². The van der Waals surface area contributed by atoms with Gasteiger partial charge in [0.25, 0.3) is 0 Å². The van der Waals surface area contributed by atoms with Gasteiger partial charge in [-0.1, -0.05) is 41.9 Å². The number of esters is 1. The molecule has 0 heterocycles. The fourth-order valence-corrected chi connectivity index (χ4v) is 2.32. The molecule has 0 aliphatic heterocycles. The van der Waals surface area contributed by atoms with Gasteiger partial charge in [0.2, 0.25) is 11.8 Å². The second-order valence-corrected chi connectivity index (χ2v) is 5.54. The zero-order valence-corrected chi connectivity index (χ0v) is 14.3. The lowest BCUT2D eigenvalue weighted by Crippen LogP contribution is -2.28. The topological polar surface area (TPSA) is 84.5 Å². The molecule has 25 heavy (non-hydrogen) atoms. The molecule has 0 atom stereocenters. The minimum Gasteiger partial charge on any atom is -0.465 e. The van der Waals surface area contributed by atoms with Crippen LogP contribution in [0.25, 0.3) is 0 Å². The van der Waals surface area contributed by atoms with E-state index in [1.165, 1.54) is 13.2 Å². The van der Waals surface area contributed by atoms with Crippen molar-refractivity contribution in [3.8, 4) is 0 Å². The molecule has 2 N–H and O–H groups in total. The van der Waals surface area contributed by atoms with Crippen LogP contribution in [0.1, 0.15) is 22.3 Å². The number of hydrogen-bond acceptors (Lipinski definition) is 4. The Labute approximate surface area is 150 Å². The van der Waals surface area contributed by atoms with Gasteiger partial charge in [-0.2, -0.15) is 0 Å². The highest BCUT2D eigenvalue weighted by Crippen LogP contribution is 2.16. The van der Waals surface area contributed by atoms with Gasteiger partial charge in [-0.15, -0.1) is 0 Å². The molecule has 0 radical (unpaired) electrons. The molecule has 2 aromatic carbocycles. The Balaban J connectivity index is 1.91. The molecule has 2 rings (SSSR count). The summed E-state index contributed by atoms with van der Waals surface area (Å²) in [4.78, 5) is 35.6. The summed E-state index contributed by atoms with van der Waals surface area (Å²) in [6, 6.07) is 13.5. The molecule has 7 heteroatoms. The van der Waals surface area contributed by atoms with Crippen LogP contribution >= 0.6 is 11.6 Å². The van der Waals surface area contributed by atoms with E-state index in [4.69, 9.17) is 11.6 Å². The van der Waals surface area contributed by atoms with Gasteiger partial charge in [0.05, 0.1) is 18.4 Å². The van der Waals surface area contributed by atoms with Crippen LogP contribution in [0.4, 0.5) is 5.69 Å². The molecule has 0 unspecified atom stereocenters. The second kappa shape index (κ2) is 8.84. The summed E-state index contributed by atoms with van der Waals surface area (Å²) >= 11 is 6.01. The molecule has 0 fully saturated rings. The zero-order valence-electron chi connectivity index (χ0n) is 13.5. The summed E-state index contributed by atoms with van der Waals surface area (Å²) in [5.74, 6) is -1.56. The van der Waals surface area contributed by atoms with Crippen molar-refractivity contribution in [1.82, 2.24) is 5.32 Å². The standard InChI is InChI=1S/C18H17ClN2O4/c1-25-18(24)13-7-3-5-9-15(13)21-17(23)10-16(22)20-11-12-6-2-4-8-14(12)19/h2-9H,10-11H2,1H3,(H,20,22)(H,21,23). The SMILES string of the molecule is COC(=O)c1ccccc1NC(=O)CC(=O)NCc1ccccc1Cl. The molecule has 0 aromatic heterocycles. The summed E-state index contributed by atoms with van der Waals surface area (Å²) in [6.07, 6.45) is -0.375. The number of methoxy groups -OCH3 is 1. The lowest BCUT2D eigenvalue weighted by atomic mass is 10.1. The van der Waals surface area contributed by atoms with Crippen LogP contribution in [0.15, 0.2) is 48.5 Å². The van der Waals surface area contributed by atoms with E-state index in [0.717, 1.165) is 5.56 Å². The number of carbonyl (C=O) groups excluding carboxylic acids is 3. The fraction of sp³-hybridized carbons (Fsp3) is 0.167. The molecular weight excluding hydrogens is 344 g/mol. The number of hydrogen-bond donors (Lipinski definition) is 2. The van der Waals surface area contributed by atoms with E-state index in [0.29, 0.717) is 10.7 Å². The predicted octanol–water partition coefficient (Wildman–Crippen LogP) is 2.77. The van der Waals surface area contributed by atoms with Gasteiger partial charge < -0.3 is 15.4 Å². The first-order chi connectivity index (χ1) is 12.0. The first-order valence-electron chi connectivity index (χ1n) is 7.48. The maximum atomic E-state index is 12.0. The Bertz CT molecular complexity index is 792. The molecule has 0 spiro atoms. The third-order valence-corrected chi connectivity index (χ3v) is 3.73. The number of benzene rings is 2. The van der Waals surface area contributed by atoms with Gasteiger partial charge in [-0.3, -0.25) is 9.59 Å². The highest BCUT2D eigenvalue weighted by molar-refractivity contribution is 6.31. The lowest BCUT2D eigenvalue weighted by molar-refractivity contribution is -0.126. The summed E-state index contributed by atoms with van der Waals surface area (Å²) in [5, 5.41) is 5.71. The molecule has 6 nitrogen and oxygen atoms in total. The van der Waals surface area contributed by atoms with E-state index in [1.807, 2.05) is 6.07 Å². The Hall–Kier alpha value is -2.86. The maximum absolute atomic E-state index is 12.0. The van der Waals surface area contributed by atoms with E-state index in [2.05, 4.69) is 15.4 Å². The zero-order chi connectivity index (χ0) is 18.2. The maximum Gasteiger partial charge on any atom is 0.339 e. The van der Waals surface area contributed by atoms with E-state index in [9.17, 15) is 14.4 Å². The van der Waals surface area contributed by atoms with Gasteiger partial charge in [0.15, 0.2) is 0 Å². The highest BCUT2D eigenvalue weighted by atomic mass is 35.5. The molecular formula is C18H17ClN2O4. The van der Waals surface area contributed by atoms with Crippen LogP contribution < -0.4 is 10.6 Å². The average molecular weight is 361 g/mol. The third kappa shape index (κ3) is 5.32. The molecule has 2 aromatic rings. The number of rotatable bonds is 6. The molecule has 0 aliphatic carbocycles. The summed E-state index contributed by atoms with van der Waals surface area (Å²) in [7, 11) is 1.25. The number of ether oxygens (including phenoxy) is 1. The largest absolute Gasteiger partial charge is 0.465 e. The predicted molar refractivity (Wildman–Crippen MR) is 94.3 cm³/mol. The van der Waals surface area contributed by atoms with Crippen molar-refractivity contribution in [1.29, 1.82) is 0 Å². The highest BCUT2D eigenvalue weighted by Gasteiger charge is 2.15. The van der Waals surface area contributed by atoms with E-state index in [-0.39, 0.29) is 18.5 Å². The van der Waals surface area contributed by atoms with Crippen molar-refractivity contribution in [2.45, 2.75) is 13.0 Å². The Morgan fingerprint density at radius 1 is 1.00 bits per heavy atom. The quantitative estimate of drug-likeness (QED) is 0.612. The average Bonchev–Trinajstić information content (AvgIpc) is 2.60. The first kappa shape index (κ1) is 18.5. The van der Waals surface area contributed by atoms with Crippen LogP contribution in [-0.4, -0.2) is 24.9 Å². The van der Waals surface area contributed by atoms with Crippen LogP contribution in [0.3, 0.4) is 0 Å². The smallest absolute Gasteiger partial charge is 0.339 e. The number of anilines is 1. The minimum atomic E-state index is -0.570. The number of nitrogens with one attached hydrogen (secondary N) is 2. The lowest BCUT2D eigenvalue weighted by Gasteiger charge is -2.10. The van der Waals surface area contributed by atoms with Crippen molar-refractivity contribution in [3.63, 3.8) is 0 Å². The number of halogens is 1. The number of para-hydroxylation sites is 1. The van der Waals surface area contributed by atoms with E-state index < -0.39 is 17.8 Å². The molecule has 0 saturated heterocycles. The molecule has 130 valence electrons. The second-order valence-electron chi connectivity index (χ2n) is 5.13. The van der Waals surface area contributed by atoms with Gasteiger partial charge in [0, 0.05) is 11.6 Å². The van der Waals surface area contributed by atoms with Crippen molar-refractivity contribution < 1.29 is 19.1 Å². The van der Waals surface area contributed by atoms with Crippen LogP contribution in [0.5, 0.6) is 0 Å². The van der Waals surface area contributed by atoms with Crippen LogP contribution in [0.2, 0.25) is 5.02 Å². The fourth-order valence-electron chi connectivity index (χ4n) is 2.12. The molecule has 2 amide bonds. The van der Waals surface area contributed by atoms with Crippen LogP contribution in [-0.2, 0) is 20.9 Å². The van der Waals surface area contributed by atoms with Crippen molar-refractivity contribution in [3.05, 3.63) is 64.7 Å². The molecule has 0 bridgehead atoms.